The van der Waals surface area contributed by atoms with Crippen LogP contribution in [0, 0.1) is 6.92 Å². The van der Waals surface area contributed by atoms with Gasteiger partial charge in [-0.3, -0.25) is 4.98 Å². The summed E-state index contributed by atoms with van der Waals surface area (Å²) >= 11 is 5.35. The van der Waals surface area contributed by atoms with Crippen LogP contribution in [0.4, 0.5) is 0 Å². The van der Waals surface area contributed by atoms with Crippen molar-refractivity contribution in [3.8, 4) is 0 Å². The summed E-state index contributed by atoms with van der Waals surface area (Å²) < 4.78 is 0. The highest BCUT2D eigenvalue weighted by Gasteiger charge is 2.40. The molecule has 0 radical (unpaired) electrons. The van der Waals surface area contributed by atoms with E-state index in [4.69, 9.17) is 12.2 Å². The molecule has 0 saturated carbocycles. The van der Waals surface area contributed by atoms with Gasteiger partial charge in [0.1, 0.15) is 0 Å². The van der Waals surface area contributed by atoms with E-state index in [2.05, 4.69) is 52.5 Å². The van der Waals surface area contributed by atoms with Crippen LogP contribution < -0.4 is 5.32 Å². The zero-order valence-electron chi connectivity index (χ0n) is 12.3. The molecule has 108 valence electrons. The summed E-state index contributed by atoms with van der Waals surface area (Å²) in [6.07, 6.45) is 1.86. The summed E-state index contributed by atoms with van der Waals surface area (Å²) in [5.41, 5.74) is 3.45. The Morgan fingerprint density at radius 2 is 2.10 bits per heavy atom. The van der Waals surface area contributed by atoms with Crippen molar-refractivity contribution in [2.24, 2.45) is 0 Å². The molecular formula is C17H19N3S. The van der Waals surface area contributed by atoms with Crippen LogP contribution in [0.15, 0.2) is 48.7 Å². The van der Waals surface area contributed by atoms with Gasteiger partial charge in [-0.15, -0.1) is 0 Å². The molecule has 1 saturated heterocycles. The molecule has 3 nitrogen and oxygen atoms in total. The highest BCUT2D eigenvalue weighted by molar-refractivity contribution is 7.80. The first-order valence-electron chi connectivity index (χ1n) is 7.09. The molecule has 1 fully saturated rings. The molecule has 4 heteroatoms. The minimum atomic E-state index is -0.176. The number of nitrogens with one attached hydrogen (secondary N) is 1. The summed E-state index contributed by atoms with van der Waals surface area (Å²) in [6.45, 7) is 3.73. The lowest BCUT2D eigenvalue weighted by Crippen LogP contribution is -2.58. The van der Waals surface area contributed by atoms with Crippen molar-refractivity contribution in [1.82, 2.24) is 15.2 Å². The molecule has 0 spiro atoms. The number of thiocarbonyl (C=S) groups is 1. The summed E-state index contributed by atoms with van der Waals surface area (Å²) in [4.78, 5) is 6.72. The monoisotopic (exact) mass is 297 g/mol. The summed E-state index contributed by atoms with van der Waals surface area (Å²) in [6, 6.07) is 14.8. The van der Waals surface area contributed by atoms with Crippen LogP contribution in [0.5, 0.6) is 0 Å². The predicted octanol–water partition coefficient (Wildman–Crippen LogP) is 2.50. The van der Waals surface area contributed by atoms with E-state index in [1.54, 1.807) is 0 Å². The topological polar surface area (TPSA) is 28.2 Å². The molecule has 0 amide bonds. The average molecular weight is 297 g/mol. The van der Waals surface area contributed by atoms with Gasteiger partial charge in [0.2, 0.25) is 0 Å². The summed E-state index contributed by atoms with van der Waals surface area (Å²) in [7, 11) is 2.03. The first-order chi connectivity index (χ1) is 10.1. The number of pyridine rings is 1. The van der Waals surface area contributed by atoms with Gasteiger partial charge in [0.25, 0.3) is 0 Å². The van der Waals surface area contributed by atoms with Crippen LogP contribution in [0.2, 0.25) is 0 Å². The quantitative estimate of drug-likeness (QED) is 0.862. The maximum absolute atomic E-state index is 5.35. The number of aryl methyl sites for hydroxylation is 1. The minimum Gasteiger partial charge on any atom is -0.361 e. The van der Waals surface area contributed by atoms with Crippen LogP contribution in [0.25, 0.3) is 0 Å². The van der Waals surface area contributed by atoms with Crippen molar-refractivity contribution in [2.75, 3.05) is 20.1 Å². The van der Waals surface area contributed by atoms with Crippen LogP contribution in [-0.4, -0.2) is 35.1 Å². The lowest BCUT2D eigenvalue weighted by atomic mass is 9.75. The van der Waals surface area contributed by atoms with E-state index in [-0.39, 0.29) is 5.41 Å². The fraction of sp³-hybridized carbons (Fsp3) is 0.294. The standard InChI is InChI=1S/C17H19N3S/c1-13-6-5-7-14(10-13)17(15-8-3-4-9-18-15)11-19-16(21)20(2)12-17/h3-10H,11-12H2,1-2H3,(H,19,21). The molecule has 1 N–H and O–H groups in total. The van der Waals surface area contributed by atoms with E-state index in [9.17, 15) is 0 Å². The Morgan fingerprint density at radius 3 is 2.76 bits per heavy atom. The first-order valence-corrected chi connectivity index (χ1v) is 7.50. The normalized spacial score (nSPS) is 22.0. The molecule has 0 aliphatic carbocycles. The van der Waals surface area contributed by atoms with Gasteiger partial charge in [0.05, 0.1) is 11.1 Å². The van der Waals surface area contributed by atoms with Crippen molar-refractivity contribution in [2.45, 2.75) is 12.3 Å². The molecule has 1 aromatic carbocycles. The molecule has 1 unspecified atom stereocenters. The zero-order chi connectivity index (χ0) is 14.9. The fourth-order valence-electron chi connectivity index (χ4n) is 3.00. The molecule has 1 aliphatic rings. The number of aromatic nitrogens is 1. The number of benzene rings is 1. The number of hydrogen-bond acceptors (Lipinski definition) is 2. The molecule has 2 aromatic rings. The van der Waals surface area contributed by atoms with Crippen molar-refractivity contribution in [1.29, 1.82) is 0 Å². The Labute approximate surface area is 131 Å². The molecular weight excluding hydrogens is 278 g/mol. The second-order valence-electron chi connectivity index (χ2n) is 5.68. The Morgan fingerprint density at radius 1 is 1.24 bits per heavy atom. The average Bonchev–Trinajstić information content (AvgIpc) is 2.51. The SMILES string of the molecule is Cc1cccc(C2(c3ccccn3)CNC(=S)N(C)C2)c1. The van der Waals surface area contributed by atoms with Crippen molar-refractivity contribution < 1.29 is 0 Å². The Kier molecular flexibility index (Phi) is 3.64. The molecule has 0 bridgehead atoms. The van der Waals surface area contributed by atoms with E-state index < -0.39 is 0 Å². The van der Waals surface area contributed by atoms with Crippen LogP contribution >= 0.6 is 12.2 Å². The molecule has 1 aromatic heterocycles. The highest BCUT2D eigenvalue weighted by atomic mass is 32.1. The van der Waals surface area contributed by atoms with Crippen LogP contribution in [-0.2, 0) is 5.41 Å². The lowest BCUT2D eigenvalue weighted by molar-refractivity contribution is 0.322. The zero-order valence-corrected chi connectivity index (χ0v) is 13.2. The molecule has 1 aliphatic heterocycles. The summed E-state index contributed by atoms with van der Waals surface area (Å²) in [5, 5.41) is 4.16. The van der Waals surface area contributed by atoms with Gasteiger partial charge in [-0.25, -0.2) is 0 Å². The summed E-state index contributed by atoms with van der Waals surface area (Å²) in [5.74, 6) is 0. The van der Waals surface area contributed by atoms with Crippen molar-refractivity contribution in [3.63, 3.8) is 0 Å². The molecule has 2 heterocycles. The van der Waals surface area contributed by atoms with E-state index in [0.717, 1.165) is 23.9 Å². The lowest BCUT2D eigenvalue weighted by Gasteiger charge is -2.43. The Balaban J connectivity index is 2.14. The predicted molar refractivity (Wildman–Crippen MR) is 89.4 cm³/mol. The van der Waals surface area contributed by atoms with Gasteiger partial charge >= 0.3 is 0 Å². The van der Waals surface area contributed by atoms with E-state index in [1.165, 1.54) is 11.1 Å². The van der Waals surface area contributed by atoms with Gasteiger partial charge in [0.15, 0.2) is 5.11 Å². The largest absolute Gasteiger partial charge is 0.361 e. The van der Waals surface area contributed by atoms with Crippen molar-refractivity contribution >= 4 is 17.3 Å². The number of nitrogens with zero attached hydrogens (tertiary/aromatic N) is 2. The molecule has 1 atom stereocenters. The number of hydrogen-bond donors (Lipinski definition) is 1. The van der Waals surface area contributed by atoms with Gasteiger partial charge in [-0.1, -0.05) is 35.9 Å². The third-order valence-corrected chi connectivity index (χ3v) is 4.58. The van der Waals surface area contributed by atoms with Gasteiger partial charge in [-0.05, 0) is 36.8 Å². The van der Waals surface area contributed by atoms with Crippen molar-refractivity contribution in [3.05, 3.63) is 65.5 Å². The molecule has 21 heavy (non-hydrogen) atoms. The van der Waals surface area contributed by atoms with Gasteiger partial charge in [0, 0.05) is 26.3 Å². The maximum atomic E-state index is 5.35. The third kappa shape index (κ3) is 2.51. The number of likely N-dealkylation sites (N-methyl/N-ethyl adjacent to an activating group) is 1. The second kappa shape index (κ2) is 5.45. The van der Waals surface area contributed by atoms with Crippen LogP contribution in [0.3, 0.4) is 0 Å². The number of rotatable bonds is 2. The maximum Gasteiger partial charge on any atom is 0.168 e. The first kappa shape index (κ1) is 14.0. The minimum absolute atomic E-state index is 0.176. The molecule has 3 rings (SSSR count). The highest BCUT2D eigenvalue weighted by Crippen LogP contribution is 2.33. The van der Waals surface area contributed by atoms with Gasteiger partial charge in [-0.2, -0.15) is 0 Å². The fourth-order valence-corrected chi connectivity index (χ4v) is 3.13. The van der Waals surface area contributed by atoms with E-state index >= 15 is 0 Å². The van der Waals surface area contributed by atoms with Gasteiger partial charge < -0.3 is 10.2 Å². The third-order valence-electron chi connectivity index (χ3n) is 4.12. The second-order valence-corrected chi connectivity index (χ2v) is 6.07. The van der Waals surface area contributed by atoms with Crippen LogP contribution in [0.1, 0.15) is 16.8 Å². The Bertz CT molecular complexity index is 656. The van der Waals surface area contributed by atoms with E-state index in [0.29, 0.717) is 0 Å². The smallest absolute Gasteiger partial charge is 0.168 e. The van der Waals surface area contributed by atoms with E-state index in [1.807, 2.05) is 25.4 Å². The Hall–Kier alpha value is -1.94.